The third kappa shape index (κ3) is 3.67. The largest absolute Gasteiger partial charge is 0.461 e. The molecule has 1 N–H and O–H groups in total. The molecule has 2 fully saturated rings. The molecule has 9 heteroatoms. The van der Waals surface area contributed by atoms with E-state index in [0.29, 0.717) is 6.54 Å². The fourth-order valence-electron chi connectivity index (χ4n) is 5.98. The van der Waals surface area contributed by atoms with Crippen LogP contribution in [0.1, 0.15) is 13.8 Å². The summed E-state index contributed by atoms with van der Waals surface area (Å²) in [5, 5.41) is 9.50. The van der Waals surface area contributed by atoms with E-state index in [1.807, 2.05) is 48.6 Å². The van der Waals surface area contributed by atoms with Gasteiger partial charge in [-0.15, -0.1) is 11.8 Å². The molecule has 1 aromatic carbocycles. The molecule has 0 aromatic heterocycles. The minimum atomic E-state index is -0.894. The lowest BCUT2D eigenvalue weighted by Crippen LogP contribution is -2.53. The normalized spacial score (nSPS) is 31.6. The number of nitrogens with zero attached hydrogens (tertiary/aromatic N) is 3. The van der Waals surface area contributed by atoms with E-state index < -0.39 is 28.6 Å². The highest BCUT2D eigenvalue weighted by Gasteiger charge is 2.71. The van der Waals surface area contributed by atoms with Crippen molar-refractivity contribution in [2.45, 2.75) is 29.9 Å². The van der Waals surface area contributed by atoms with Gasteiger partial charge in [-0.05, 0) is 38.1 Å². The number of likely N-dealkylation sites (tertiary alicyclic amines) is 1. The topological polar surface area (TPSA) is 90.4 Å². The van der Waals surface area contributed by atoms with E-state index in [0.717, 1.165) is 24.5 Å². The Balaban J connectivity index is 1.54. The lowest BCUT2D eigenvalue weighted by Gasteiger charge is -2.35. The Morgan fingerprint density at radius 1 is 1.11 bits per heavy atom. The molecule has 4 aliphatic rings. The Morgan fingerprint density at radius 2 is 1.86 bits per heavy atom. The van der Waals surface area contributed by atoms with Gasteiger partial charge in [-0.3, -0.25) is 14.4 Å². The van der Waals surface area contributed by atoms with Gasteiger partial charge >= 0.3 is 5.97 Å². The summed E-state index contributed by atoms with van der Waals surface area (Å²) in [5.74, 6) is -2.24. The fraction of sp³-hybridized carbons (Fsp3) is 0.500. The number of thioether (sulfide) groups is 1. The van der Waals surface area contributed by atoms with Gasteiger partial charge in [0.1, 0.15) is 12.6 Å². The number of hydrogen-bond donors (Lipinski definition) is 1. The molecule has 186 valence electrons. The van der Waals surface area contributed by atoms with E-state index in [2.05, 4.69) is 18.7 Å². The first-order valence-corrected chi connectivity index (χ1v) is 13.1. The number of anilines is 2. The Hall–Kier alpha value is -2.78. The summed E-state index contributed by atoms with van der Waals surface area (Å²) in [6, 6.07) is 7.09. The van der Waals surface area contributed by atoms with Gasteiger partial charge in [-0.25, -0.2) is 0 Å². The number of esters is 1. The van der Waals surface area contributed by atoms with Crippen LogP contribution in [0.5, 0.6) is 0 Å². The van der Waals surface area contributed by atoms with Crippen molar-refractivity contribution in [3.8, 4) is 0 Å². The number of cyclic esters (lactones) is 1. The Morgan fingerprint density at radius 3 is 2.54 bits per heavy atom. The number of ether oxygens (including phenoxy) is 1. The third-order valence-corrected chi connectivity index (χ3v) is 9.29. The van der Waals surface area contributed by atoms with Crippen LogP contribution in [0.25, 0.3) is 0 Å². The molecule has 5 atom stereocenters. The molecule has 2 saturated heterocycles. The highest BCUT2D eigenvalue weighted by Crippen LogP contribution is 2.60. The number of carbonyl (C=O) groups excluding carboxylic acids is 3. The van der Waals surface area contributed by atoms with E-state index in [-0.39, 0.29) is 36.8 Å². The molecular formula is C26H31N3O5S. The summed E-state index contributed by atoms with van der Waals surface area (Å²) in [4.78, 5) is 46.1. The summed E-state index contributed by atoms with van der Waals surface area (Å²) in [7, 11) is 0. The molecule has 0 aliphatic carbocycles. The van der Waals surface area contributed by atoms with Crippen LogP contribution in [0.15, 0.2) is 48.6 Å². The van der Waals surface area contributed by atoms with Crippen LogP contribution < -0.4 is 9.80 Å². The van der Waals surface area contributed by atoms with Gasteiger partial charge in [0.25, 0.3) is 5.91 Å². The van der Waals surface area contributed by atoms with Crippen LogP contribution in [0.3, 0.4) is 0 Å². The zero-order valence-electron chi connectivity index (χ0n) is 20.0. The van der Waals surface area contributed by atoms with Crippen molar-refractivity contribution in [1.82, 2.24) is 4.90 Å². The molecule has 2 amide bonds. The first kappa shape index (κ1) is 23.9. The first-order valence-electron chi connectivity index (χ1n) is 12.2. The van der Waals surface area contributed by atoms with Crippen molar-refractivity contribution in [2.24, 2.45) is 11.8 Å². The number of aliphatic hydroxyl groups excluding tert-OH is 1. The Labute approximate surface area is 209 Å². The highest BCUT2D eigenvalue weighted by molar-refractivity contribution is 8.02. The van der Waals surface area contributed by atoms with Crippen molar-refractivity contribution in [2.75, 3.05) is 49.2 Å². The second kappa shape index (κ2) is 9.35. The summed E-state index contributed by atoms with van der Waals surface area (Å²) in [5.41, 5.74) is 1.84. The van der Waals surface area contributed by atoms with Crippen molar-refractivity contribution >= 4 is 40.9 Å². The minimum Gasteiger partial charge on any atom is -0.461 e. The van der Waals surface area contributed by atoms with E-state index in [9.17, 15) is 19.5 Å². The molecule has 4 heterocycles. The number of fused-ring (bicyclic) bond motifs is 2. The number of benzene rings is 1. The number of β-amino-alcohol motifs (C(OH)–C–C–N with tert-alkyl or cyclic N) is 1. The second-order valence-corrected chi connectivity index (χ2v) is 10.7. The molecule has 0 saturated carbocycles. The van der Waals surface area contributed by atoms with Crippen molar-refractivity contribution in [3.05, 3.63) is 48.6 Å². The summed E-state index contributed by atoms with van der Waals surface area (Å²) >= 11 is 1.50. The van der Waals surface area contributed by atoms with Gasteiger partial charge < -0.3 is 24.5 Å². The lowest BCUT2D eigenvalue weighted by atomic mass is 9.78. The number of hydrogen-bond acceptors (Lipinski definition) is 7. The average Bonchev–Trinajstić information content (AvgIpc) is 3.15. The van der Waals surface area contributed by atoms with Gasteiger partial charge in [0.2, 0.25) is 5.91 Å². The van der Waals surface area contributed by atoms with Crippen LogP contribution in [0, 0.1) is 11.8 Å². The van der Waals surface area contributed by atoms with E-state index >= 15 is 0 Å². The maximum absolute atomic E-state index is 14.1. The van der Waals surface area contributed by atoms with Crippen LogP contribution in [0.4, 0.5) is 11.4 Å². The predicted molar refractivity (Wildman–Crippen MR) is 135 cm³/mol. The smallest absolute Gasteiger partial charge is 0.311 e. The molecule has 0 bridgehead atoms. The molecular weight excluding hydrogens is 466 g/mol. The lowest BCUT2D eigenvalue weighted by molar-refractivity contribution is -0.151. The maximum atomic E-state index is 14.1. The number of amides is 2. The van der Waals surface area contributed by atoms with Crippen molar-refractivity contribution in [3.63, 3.8) is 0 Å². The summed E-state index contributed by atoms with van der Waals surface area (Å²) < 4.78 is 4.47. The Bertz CT molecular complexity index is 1070. The number of rotatable bonds is 6. The quantitative estimate of drug-likeness (QED) is 0.474. The SMILES string of the molecule is CCN(CC)c1ccc(N2CC=C[C@]34S[C@@H]5C=CCOC(=O)[C@@H]5[C@H]3C(=O)N(CCO)C4C2=O)cc1. The van der Waals surface area contributed by atoms with Gasteiger partial charge in [0.15, 0.2) is 0 Å². The zero-order valence-corrected chi connectivity index (χ0v) is 20.8. The standard InChI is InChI=1S/C26H31N3O5S/c1-3-27(4-2)17-8-10-18(11-9-17)28-13-6-12-26-21(20-19(35-26)7-5-16-34-25(20)33)23(31)29(14-15-30)22(26)24(28)32/h5-12,19-22,30H,3-4,13-16H2,1-2H3/t19-,20+,21+,22?,26+/m1/s1. The van der Waals surface area contributed by atoms with E-state index in [1.54, 1.807) is 4.90 Å². The van der Waals surface area contributed by atoms with Gasteiger partial charge in [-0.1, -0.05) is 24.3 Å². The van der Waals surface area contributed by atoms with Gasteiger partial charge in [-0.2, -0.15) is 0 Å². The van der Waals surface area contributed by atoms with Crippen LogP contribution >= 0.6 is 11.8 Å². The van der Waals surface area contributed by atoms with Crippen LogP contribution in [-0.2, 0) is 19.1 Å². The maximum Gasteiger partial charge on any atom is 0.311 e. The van der Waals surface area contributed by atoms with Gasteiger partial charge in [0.05, 0.1) is 23.2 Å². The Kier molecular flexibility index (Phi) is 6.40. The van der Waals surface area contributed by atoms with E-state index in [1.165, 1.54) is 16.7 Å². The fourth-order valence-corrected chi connectivity index (χ4v) is 7.98. The van der Waals surface area contributed by atoms with Crippen LogP contribution in [0.2, 0.25) is 0 Å². The first-order chi connectivity index (χ1) is 17.0. The van der Waals surface area contributed by atoms with E-state index in [4.69, 9.17) is 4.74 Å². The molecule has 1 spiro atoms. The number of aliphatic hydroxyl groups is 1. The zero-order chi connectivity index (χ0) is 24.7. The molecule has 5 rings (SSSR count). The van der Waals surface area contributed by atoms with Gasteiger partial charge in [0, 0.05) is 42.8 Å². The van der Waals surface area contributed by atoms with Crippen molar-refractivity contribution in [1.29, 1.82) is 0 Å². The average molecular weight is 498 g/mol. The molecule has 35 heavy (non-hydrogen) atoms. The molecule has 8 nitrogen and oxygen atoms in total. The van der Waals surface area contributed by atoms with Crippen LogP contribution in [-0.4, -0.2) is 83.2 Å². The highest BCUT2D eigenvalue weighted by atomic mass is 32.2. The molecule has 0 radical (unpaired) electrons. The molecule has 4 aliphatic heterocycles. The second-order valence-electron chi connectivity index (χ2n) is 9.20. The minimum absolute atomic E-state index is 0.0406. The summed E-state index contributed by atoms with van der Waals surface area (Å²) in [6.45, 7) is 6.33. The monoisotopic (exact) mass is 497 g/mol. The number of carbonyl (C=O) groups is 3. The van der Waals surface area contributed by atoms with Crippen molar-refractivity contribution < 1.29 is 24.2 Å². The predicted octanol–water partition coefficient (Wildman–Crippen LogP) is 1.84. The summed E-state index contributed by atoms with van der Waals surface area (Å²) in [6.07, 6.45) is 7.64. The molecule has 1 aromatic rings. The third-order valence-electron chi connectivity index (χ3n) is 7.54. The molecule has 1 unspecified atom stereocenters.